The molecule has 178 valence electrons. The van der Waals surface area contributed by atoms with E-state index >= 15 is 0 Å². The van der Waals surface area contributed by atoms with Crippen LogP contribution in [0.15, 0.2) is 36.4 Å². The van der Waals surface area contributed by atoms with Gasteiger partial charge in [0.05, 0.1) is 25.3 Å². The molecule has 0 saturated heterocycles. The van der Waals surface area contributed by atoms with E-state index in [4.69, 9.17) is 19.6 Å². The van der Waals surface area contributed by atoms with Gasteiger partial charge in [0.15, 0.2) is 11.5 Å². The molecule has 1 atom stereocenters. The van der Waals surface area contributed by atoms with Gasteiger partial charge >= 0.3 is 5.97 Å². The van der Waals surface area contributed by atoms with Gasteiger partial charge in [0.2, 0.25) is 0 Å². The van der Waals surface area contributed by atoms with E-state index in [0.717, 1.165) is 47.6 Å². The van der Waals surface area contributed by atoms with Crippen molar-refractivity contribution in [3.63, 3.8) is 0 Å². The van der Waals surface area contributed by atoms with Crippen molar-refractivity contribution in [3.05, 3.63) is 58.1 Å². The zero-order valence-corrected chi connectivity index (χ0v) is 19.9. The normalized spacial score (nSPS) is 16.6. The van der Waals surface area contributed by atoms with Crippen molar-refractivity contribution in [1.82, 2.24) is 4.98 Å². The number of fused-ring (bicyclic) bond motifs is 2. The molecular formula is C27H29NO5S. The number of carboxylic acids is 1. The van der Waals surface area contributed by atoms with Gasteiger partial charge in [-0.15, -0.1) is 11.3 Å². The fraction of sp³-hybridized carbons (Fsp3) is 0.407. The average molecular weight is 480 g/mol. The summed E-state index contributed by atoms with van der Waals surface area (Å²) in [4.78, 5) is 17.2. The van der Waals surface area contributed by atoms with Crippen LogP contribution in [0.3, 0.4) is 0 Å². The zero-order valence-electron chi connectivity index (χ0n) is 19.1. The second-order valence-corrected chi connectivity index (χ2v) is 10.1. The minimum atomic E-state index is -0.749. The minimum Gasteiger partial charge on any atom is -0.504 e. The summed E-state index contributed by atoms with van der Waals surface area (Å²) in [7, 11) is 0. The van der Waals surface area contributed by atoms with Crippen LogP contribution >= 0.6 is 11.3 Å². The van der Waals surface area contributed by atoms with E-state index in [2.05, 4.69) is 0 Å². The fourth-order valence-electron chi connectivity index (χ4n) is 4.87. The van der Waals surface area contributed by atoms with Crippen molar-refractivity contribution in [2.24, 2.45) is 0 Å². The quantitative estimate of drug-likeness (QED) is 0.380. The lowest BCUT2D eigenvalue weighted by Gasteiger charge is -2.12. The highest BCUT2D eigenvalue weighted by molar-refractivity contribution is 7.15. The Labute approximate surface area is 203 Å². The number of aromatic nitrogens is 1. The third-order valence-corrected chi connectivity index (χ3v) is 7.81. The van der Waals surface area contributed by atoms with Gasteiger partial charge in [-0.2, -0.15) is 0 Å². The van der Waals surface area contributed by atoms with Gasteiger partial charge in [-0.3, -0.25) is 4.79 Å². The van der Waals surface area contributed by atoms with Gasteiger partial charge in [0.25, 0.3) is 0 Å². The molecule has 5 rings (SSSR count). The Bertz CT molecular complexity index is 1160. The van der Waals surface area contributed by atoms with E-state index in [0.29, 0.717) is 25.4 Å². The fourth-order valence-corrected chi connectivity index (χ4v) is 6.02. The number of rotatable bonds is 9. The second-order valence-electron chi connectivity index (χ2n) is 9.02. The van der Waals surface area contributed by atoms with E-state index in [1.54, 1.807) is 23.5 Å². The Hall–Kier alpha value is -3.06. The highest BCUT2D eigenvalue weighted by Gasteiger charge is 2.25. The topological polar surface area (TPSA) is 88.9 Å². The van der Waals surface area contributed by atoms with Gasteiger partial charge in [-0.25, -0.2) is 4.98 Å². The molecule has 0 radical (unpaired) electrons. The Morgan fingerprint density at radius 3 is 2.74 bits per heavy atom. The van der Waals surface area contributed by atoms with Crippen molar-refractivity contribution in [2.75, 3.05) is 13.2 Å². The number of carboxylic acid groups (broad SMARTS) is 1. The van der Waals surface area contributed by atoms with Crippen LogP contribution in [-0.2, 0) is 24.1 Å². The first-order chi connectivity index (χ1) is 16.6. The number of nitrogens with zero attached hydrogens (tertiary/aromatic N) is 1. The number of phenols is 1. The Balaban J connectivity index is 1.10. The molecule has 0 spiro atoms. The largest absolute Gasteiger partial charge is 0.504 e. The van der Waals surface area contributed by atoms with Gasteiger partial charge < -0.3 is 19.7 Å². The summed E-state index contributed by atoms with van der Waals surface area (Å²) in [6.45, 7) is 0.935. The third kappa shape index (κ3) is 5.04. The highest BCUT2D eigenvalue weighted by Crippen LogP contribution is 2.38. The first-order valence-corrected chi connectivity index (χ1v) is 12.8. The van der Waals surface area contributed by atoms with Gasteiger partial charge in [-0.05, 0) is 85.9 Å². The number of carbonyl (C=O) groups is 1. The number of benzene rings is 2. The van der Waals surface area contributed by atoms with Crippen molar-refractivity contribution in [2.45, 2.75) is 57.3 Å². The van der Waals surface area contributed by atoms with Crippen LogP contribution in [0.2, 0.25) is 0 Å². The predicted molar refractivity (Wildman–Crippen MR) is 131 cm³/mol. The van der Waals surface area contributed by atoms with Crippen molar-refractivity contribution in [1.29, 1.82) is 0 Å². The molecule has 1 heterocycles. The molecule has 0 unspecified atom stereocenters. The van der Waals surface area contributed by atoms with Crippen molar-refractivity contribution >= 4 is 17.3 Å². The van der Waals surface area contributed by atoms with Crippen LogP contribution in [0.5, 0.6) is 17.2 Å². The Morgan fingerprint density at radius 1 is 1.06 bits per heavy atom. The molecule has 3 aromatic rings. The lowest BCUT2D eigenvalue weighted by atomic mass is 9.98. The number of phenolic OH excluding ortho intramolecular Hbond substituents is 1. The summed E-state index contributed by atoms with van der Waals surface area (Å²) in [6, 6.07) is 11.4. The highest BCUT2D eigenvalue weighted by atomic mass is 32.1. The van der Waals surface area contributed by atoms with Crippen molar-refractivity contribution < 1.29 is 24.5 Å². The van der Waals surface area contributed by atoms with Gasteiger partial charge in [0.1, 0.15) is 10.8 Å². The van der Waals surface area contributed by atoms with Crippen LogP contribution in [0.25, 0.3) is 10.6 Å². The molecule has 1 aromatic heterocycles. The smallest absolute Gasteiger partial charge is 0.303 e. The second kappa shape index (κ2) is 10.1. The summed E-state index contributed by atoms with van der Waals surface area (Å²) in [5.41, 5.74) is 4.46. The third-order valence-electron chi connectivity index (χ3n) is 6.60. The molecule has 6 nitrogen and oxygen atoms in total. The maximum atomic E-state index is 11.0. The SMILES string of the molecule is O=C(O)C[C@@H]1CCc2cc(OCCCOc3ccc(-c4nc5c(s4)CCCC5)cc3O)ccc21. The van der Waals surface area contributed by atoms with Crippen LogP contribution in [0, 0.1) is 0 Å². The Morgan fingerprint density at radius 2 is 1.91 bits per heavy atom. The maximum absolute atomic E-state index is 11.0. The van der Waals surface area contributed by atoms with Crippen molar-refractivity contribution in [3.8, 4) is 27.8 Å². The van der Waals surface area contributed by atoms with Crippen LogP contribution in [-0.4, -0.2) is 34.4 Å². The molecule has 0 amide bonds. The number of thiazole rings is 1. The molecular weight excluding hydrogens is 450 g/mol. The van der Waals surface area contributed by atoms with Gasteiger partial charge in [-0.1, -0.05) is 6.07 Å². The summed E-state index contributed by atoms with van der Waals surface area (Å²) >= 11 is 1.73. The number of hydrogen-bond donors (Lipinski definition) is 2. The molecule has 0 bridgehead atoms. The first-order valence-electron chi connectivity index (χ1n) is 12.0. The average Bonchev–Trinajstić information content (AvgIpc) is 3.43. The lowest BCUT2D eigenvalue weighted by Crippen LogP contribution is -2.06. The van der Waals surface area contributed by atoms with Gasteiger partial charge in [0, 0.05) is 16.9 Å². The van der Waals surface area contributed by atoms with Crippen LogP contribution < -0.4 is 9.47 Å². The molecule has 2 aromatic carbocycles. The number of aliphatic carboxylic acids is 1. The first kappa shape index (κ1) is 22.7. The van der Waals surface area contributed by atoms with E-state index in [9.17, 15) is 9.90 Å². The molecule has 2 aliphatic rings. The van der Waals surface area contributed by atoms with E-state index in [1.165, 1.54) is 29.0 Å². The monoisotopic (exact) mass is 479 g/mol. The number of aromatic hydroxyl groups is 1. The maximum Gasteiger partial charge on any atom is 0.303 e. The molecule has 0 saturated carbocycles. The molecule has 34 heavy (non-hydrogen) atoms. The summed E-state index contributed by atoms with van der Waals surface area (Å²) < 4.78 is 11.6. The molecule has 2 N–H and O–H groups in total. The number of hydrogen-bond acceptors (Lipinski definition) is 6. The zero-order chi connectivity index (χ0) is 23.5. The summed E-state index contributed by atoms with van der Waals surface area (Å²) in [5, 5.41) is 20.5. The molecule has 7 heteroatoms. The number of aryl methyl sites for hydroxylation is 3. The Kier molecular flexibility index (Phi) is 6.72. The van der Waals surface area contributed by atoms with E-state index in [-0.39, 0.29) is 18.1 Å². The lowest BCUT2D eigenvalue weighted by molar-refractivity contribution is -0.137. The molecule has 0 fully saturated rings. The predicted octanol–water partition coefficient (Wildman–Crippen LogP) is 5.75. The van der Waals surface area contributed by atoms with E-state index < -0.39 is 5.97 Å². The van der Waals surface area contributed by atoms with E-state index in [1.807, 2.05) is 24.3 Å². The van der Waals surface area contributed by atoms with Crippen LogP contribution in [0.1, 0.15) is 59.7 Å². The standard InChI is InChI=1S/C27H29NO5S/c29-23-15-19(27-28-22-4-1-2-5-25(22)34-27)8-11-24(23)33-13-3-12-32-20-9-10-21-17(14-20)6-7-18(21)16-26(30)31/h8-11,14-15,18,29H,1-7,12-13,16H2,(H,30,31)/t18-/m0/s1. The summed E-state index contributed by atoms with van der Waals surface area (Å²) in [6.07, 6.45) is 7.24. The summed E-state index contributed by atoms with van der Waals surface area (Å²) in [5.74, 6) is 0.747. The molecule has 2 aliphatic carbocycles. The molecule has 0 aliphatic heterocycles. The van der Waals surface area contributed by atoms with Crippen LogP contribution in [0.4, 0.5) is 0 Å². The number of ether oxygens (including phenoxy) is 2. The minimum absolute atomic E-state index is 0.106.